The van der Waals surface area contributed by atoms with Crippen molar-refractivity contribution in [3.8, 4) is 11.5 Å². The predicted octanol–water partition coefficient (Wildman–Crippen LogP) is 6.32. The summed E-state index contributed by atoms with van der Waals surface area (Å²) in [7, 11) is -1.29. The lowest BCUT2D eigenvalue weighted by Crippen LogP contribution is -2.23. The van der Waals surface area contributed by atoms with E-state index in [9.17, 15) is 10.2 Å². The molecule has 3 heteroatoms. The third-order valence-corrected chi connectivity index (χ3v) is 8.92. The Hall–Kier alpha value is -3.87. The highest BCUT2D eigenvalue weighted by Crippen LogP contribution is 2.45. The van der Waals surface area contributed by atoms with Gasteiger partial charge < -0.3 is 10.2 Å². The molecule has 0 amide bonds. The molecule has 2 N–H and O–H groups in total. The highest BCUT2D eigenvalue weighted by Gasteiger charge is 2.27. The normalized spacial score (nSPS) is 11.5. The zero-order valence-electron chi connectivity index (χ0n) is 17.8. The van der Waals surface area contributed by atoms with Crippen LogP contribution in [0.5, 0.6) is 11.5 Å². The molecule has 0 aliphatic rings. The number of phenolic OH excluding ortho intramolecular Hbond substituents is 2. The summed E-state index contributed by atoms with van der Waals surface area (Å²) in [6.45, 7) is 0. The molecule has 0 saturated carbocycles. The Morgan fingerprint density at radius 3 is 1.36 bits per heavy atom. The fourth-order valence-electron chi connectivity index (χ4n) is 4.71. The van der Waals surface area contributed by atoms with E-state index in [1.807, 2.05) is 48.5 Å². The van der Waals surface area contributed by atoms with Gasteiger partial charge in [-0.2, -0.15) is 0 Å². The standard InChI is InChI=1S/C30H21O2P/c31-26-18-16-21-9-2-5-13-24(21)29(26)33(28-15-7-11-20-8-1-4-12-23(20)28)30-25-14-6-3-10-22(25)17-19-27(30)32/h1-19,31-32H. The molecule has 0 aliphatic heterocycles. The minimum atomic E-state index is -1.29. The van der Waals surface area contributed by atoms with Gasteiger partial charge in [-0.15, -0.1) is 0 Å². The van der Waals surface area contributed by atoms with E-state index >= 15 is 0 Å². The molecule has 0 fully saturated rings. The number of hydrogen-bond acceptors (Lipinski definition) is 2. The summed E-state index contributed by atoms with van der Waals surface area (Å²) in [6.07, 6.45) is 0. The number of fused-ring (bicyclic) bond motifs is 3. The molecule has 0 atom stereocenters. The minimum Gasteiger partial charge on any atom is -0.507 e. The van der Waals surface area contributed by atoms with E-state index in [1.165, 1.54) is 0 Å². The first-order chi connectivity index (χ1) is 16.2. The Bertz CT molecular complexity index is 1560. The maximum atomic E-state index is 11.3. The van der Waals surface area contributed by atoms with Crippen LogP contribution in [0.4, 0.5) is 0 Å². The molecule has 0 heterocycles. The molecule has 6 rings (SSSR count). The Kier molecular flexibility index (Phi) is 4.75. The van der Waals surface area contributed by atoms with Gasteiger partial charge in [0.1, 0.15) is 11.5 Å². The van der Waals surface area contributed by atoms with Gasteiger partial charge in [0.25, 0.3) is 0 Å². The topological polar surface area (TPSA) is 40.5 Å². The van der Waals surface area contributed by atoms with Gasteiger partial charge >= 0.3 is 0 Å². The van der Waals surface area contributed by atoms with Gasteiger partial charge in [0, 0.05) is 10.6 Å². The van der Waals surface area contributed by atoms with Crippen molar-refractivity contribution < 1.29 is 10.2 Å². The summed E-state index contributed by atoms with van der Waals surface area (Å²) in [4.78, 5) is 0. The number of phenols is 2. The van der Waals surface area contributed by atoms with Crippen molar-refractivity contribution in [2.24, 2.45) is 0 Å². The highest BCUT2D eigenvalue weighted by molar-refractivity contribution is 7.81. The summed E-state index contributed by atoms with van der Waals surface area (Å²) in [5, 5.41) is 31.8. The largest absolute Gasteiger partial charge is 0.507 e. The molecular weight excluding hydrogens is 423 g/mol. The third kappa shape index (κ3) is 3.23. The van der Waals surface area contributed by atoms with Gasteiger partial charge in [0.15, 0.2) is 0 Å². The molecule has 33 heavy (non-hydrogen) atoms. The van der Waals surface area contributed by atoms with Crippen LogP contribution in [-0.4, -0.2) is 10.2 Å². The molecule has 0 aliphatic carbocycles. The van der Waals surface area contributed by atoms with Crippen molar-refractivity contribution in [2.45, 2.75) is 0 Å². The van der Waals surface area contributed by atoms with Gasteiger partial charge in [-0.05, 0) is 57.7 Å². The van der Waals surface area contributed by atoms with Crippen molar-refractivity contribution in [1.29, 1.82) is 0 Å². The third-order valence-electron chi connectivity index (χ3n) is 6.21. The van der Waals surface area contributed by atoms with Crippen LogP contribution in [0.15, 0.2) is 115 Å². The van der Waals surface area contributed by atoms with Crippen molar-refractivity contribution in [3.63, 3.8) is 0 Å². The van der Waals surface area contributed by atoms with Gasteiger partial charge in [-0.1, -0.05) is 103 Å². The van der Waals surface area contributed by atoms with E-state index in [4.69, 9.17) is 0 Å². The quantitative estimate of drug-likeness (QED) is 0.314. The number of benzene rings is 6. The van der Waals surface area contributed by atoms with Crippen molar-refractivity contribution in [3.05, 3.63) is 115 Å². The minimum absolute atomic E-state index is 0.250. The summed E-state index contributed by atoms with van der Waals surface area (Å²) < 4.78 is 0. The molecule has 0 aromatic heterocycles. The second-order valence-corrected chi connectivity index (χ2v) is 10.2. The number of aromatic hydroxyl groups is 2. The Balaban J connectivity index is 1.81. The summed E-state index contributed by atoms with van der Waals surface area (Å²) in [5.41, 5.74) is 0. The lowest BCUT2D eigenvalue weighted by atomic mass is 10.1. The van der Waals surface area contributed by atoms with Gasteiger partial charge in [-0.25, -0.2) is 0 Å². The first-order valence-electron chi connectivity index (χ1n) is 10.9. The van der Waals surface area contributed by atoms with Gasteiger partial charge in [0.05, 0.1) is 0 Å². The lowest BCUT2D eigenvalue weighted by Gasteiger charge is -2.25. The SMILES string of the molecule is Oc1ccc2ccccc2c1P(c1cccc2ccccc12)c1c(O)ccc2ccccc12. The summed E-state index contributed by atoms with van der Waals surface area (Å²) >= 11 is 0. The van der Waals surface area contributed by atoms with Crippen molar-refractivity contribution >= 4 is 56.2 Å². The van der Waals surface area contributed by atoms with Crippen LogP contribution in [0.3, 0.4) is 0 Å². The Morgan fingerprint density at radius 2 is 0.818 bits per heavy atom. The lowest BCUT2D eigenvalue weighted by molar-refractivity contribution is 0.480. The van der Waals surface area contributed by atoms with E-state index in [0.717, 1.165) is 48.2 Å². The predicted molar refractivity (Wildman–Crippen MR) is 141 cm³/mol. The van der Waals surface area contributed by atoms with Crippen LogP contribution in [0, 0.1) is 0 Å². The summed E-state index contributed by atoms with van der Waals surface area (Å²) in [5.74, 6) is 0.500. The fourth-order valence-corrected chi connectivity index (χ4v) is 7.59. The van der Waals surface area contributed by atoms with Gasteiger partial charge in [-0.3, -0.25) is 0 Å². The monoisotopic (exact) mass is 444 g/mol. The van der Waals surface area contributed by atoms with E-state index in [1.54, 1.807) is 12.1 Å². The Labute approximate surface area is 193 Å². The first kappa shape index (κ1) is 19.8. The average Bonchev–Trinajstić information content (AvgIpc) is 2.86. The van der Waals surface area contributed by atoms with E-state index in [2.05, 4.69) is 54.6 Å². The van der Waals surface area contributed by atoms with E-state index in [-0.39, 0.29) is 11.5 Å². The van der Waals surface area contributed by atoms with E-state index in [0.29, 0.717) is 0 Å². The maximum absolute atomic E-state index is 11.3. The van der Waals surface area contributed by atoms with Crippen molar-refractivity contribution in [1.82, 2.24) is 0 Å². The smallest absolute Gasteiger partial charge is 0.124 e. The molecule has 158 valence electrons. The molecule has 2 nitrogen and oxygen atoms in total. The summed E-state index contributed by atoms with van der Waals surface area (Å²) in [6, 6.07) is 38.4. The Morgan fingerprint density at radius 1 is 0.394 bits per heavy atom. The average molecular weight is 444 g/mol. The van der Waals surface area contributed by atoms with Crippen LogP contribution in [0.25, 0.3) is 32.3 Å². The molecule has 0 spiro atoms. The van der Waals surface area contributed by atoms with Crippen molar-refractivity contribution in [2.75, 3.05) is 0 Å². The molecular formula is C30H21O2P. The zero-order chi connectivity index (χ0) is 22.4. The molecule has 6 aromatic carbocycles. The second kappa shape index (κ2) is 7.92. The molecule has 0 saturated heterocycles. The second-order valence-electron chi connectivity index (χ2n) is 8.14. The molecule has 6 aromatic rings. The zero-order valence-corrected chi connectivity index (χ0v) is 18.7. The molecule has 0 radical (unpaired) electrons. The van der Waals surface area contributed by atoms with Crippen LogP contribution in [-0.2, 0) is 0 Å². The number of rotatable bonds is 3. The molecule has 0 unspecified atom stereocenters. The highest BCUT2D eigenvalue weighted by atomic mass is 31.1. The molecule has 0 bridgehead atoms. The van der Waals surface area contributed by atoms with Crippen LogP contribution < -0.4 is 15.9 Å². The first-order valence-corrected chi connectivity index (χ1v) is 12.3. The van der Waals surface area contributed by atoms with Crippen LogP contribution >= 0.6 is 7.92 Å². The maximum Gasteiger partial charge on any atom is 0.124 e. The number of hydrogen-bond donors (Lipinski definition) is 2. The van der Waals surface area contributed by atoms with Crippen LogP contribution in [0.2, 0.25) is 0 Å². The van der Waals surface area contributed by atoms with E-state index < -0.39 is 7.92 Å². The van der Waals surface area contributed by atoms with Crippen LogP contribution in [0.1, 0.15) is 0 Å². The fraction of sp³-hybridized carbons (Fsp3) is 0. The van der Waals surface area contributed by atoms with Gasteiger partial charge in [0.2, 0.25) is 0 Å².